The second-order valence-corrected chi connectivity index (χ2v) is 11.2. The summed E-state index contributed by atoms with van der Waals surface area (Å²) in [6.45, 7) is 6.39. The van der Waals surface area contributed by atoms with E-state index in [0.29, 0.717) is 30.7 Å². The quantitative estimate of drug-likeness (QED) is 0.699. The van der Waals surface area contributed by atoms with Gasteiger partial charge in [0.1, 0.15) is 17.4 Å². The SMILES string of the molecule is Cc1cccc(S(=O)(=O)NC(CC(C)C)C(=O)N2CCC3(CC(=O)c4ccccc4O3)C2)c1. The topological polar surface area (TPSA) is 92.8 Å². The number of likely N-dealkylation sites (tertiary alicyclic amines) is 1. The number of ketones is 1. The number of aryl methyl sites for hydroxylation is 1. The van der Waals surface area contributed by atoms with Crippen molar-refractivity contribution in [2.75, 3.05) is 13.1 Å². The molecule has 0 bridgehead atoms. The van der Waals surface area contributed by atoms with Crippen LogP contribution < -0.4 is 9.46 Å². The maximum absolute atomic E-state index is 13.5. The zero-order valence-corrected chi connectivity index (χ0v) is 20.0. The molecule has 33 heavy (non-hydrogen) atoms. The zero-order chi connectivity index (χ0) is 23.8. The Morgan fingerprint density at radius 1 is 1.18 bits per heavy atom. The predicted octanol–water partition coefficient (Wildman–Crippen LogP) is 3.32. The van der Waals surface area contributed by atoms with Gasteiger partial charge >= 0.3 is 0 Å². The van der Waals surface area contributed by atoms with Gasteiger partial charge in [-0.3, -0.25) is 9.59 Å². The van der Waals surface area contributed by atoms with E-state index in [0.717, 1.165) is 5.56 Å². The van der Waals surface area contributed by atoms with E-state index in [-0.39, 0.29) is 35.5 Å². The molecule has 2 aromatic carbocycles. The highest BCUT2D eigenvalue weighted by Gasteiger charge is 2.48. The molecule has 1 spiro atoms. The summed E-state index contributed by atoms with van der Waals surface area (Å²) in [5.74, 6) is 0.369. The minimum Gasteiger partial charge on any atom is -0.484 e. The number of rotatable bonds is 6. The van der Waals surface area contributed by atoms with Gasteiger partial charge in [-0.15, -0.1) is 0 Å². The van der Waals surface area contributed by atoms with Crippen LogP contribution in [0.25, 0.3) is 0 Å². The summed E-state index contributed by atoms with van der Waals surface area (Å²) in [7, 11) is -3.87. The number of benzene rings is 2. The van der Waals surface area contributed by atoms with Crippen LogP contribution in [0, 0.1) is 12.8 Å². The van der Waals surface area contributed by atoms with E-state index >= 15 is 0 Å². The summed E-state index contributed by atoms with van der Waals surface area (Å²) in [5, 5.41) is 0. The lowest BCUT2D eigenvalue weighted by Crippen LogP contribution is -2.51. The number of nitrogens with one attached hydrogen (secondary N) is 1. The minimum absolute atomic E-state index is 0.00466. The third kappa shape index (κ3) is 4.96. The molecule has 2 aromatic rings. The summed E-state index contributed by atoms with van der Waals surface area (Å²) in [5.41, 5.74) is 0.626. The molecule has 1 fully saturated rings. The van der Waals surface area contributed by atoms with Gasteiger partial charge in [-0.1, -0.05) is 38.1 Å². The van der Waals surface area contributed by atoms with Crippen molar-refractivity contribution in [1.29, 1.82) is 0 Å². The van der Waals surface area contributed by atoms with Crippen LogP contribution in [0.1, 0.15) is 49.0 Å². The average Bonchev–Trinajstić information content (AvgIpc) is 3.15. The summed E-state index contributed by atoms with van der Waals surface area (Å²) < 4.78 is 34.9. The van der Waals surface area contributed by atoms with Gasteiger partial charge in [-0.2, -0.15) is 4.72 Å². The van der Waals surface area contributed by atoms with Gasteiger partial charge in [-0.25, -0.2) is 8.42 Å². The zero-order valence-electron chi connectivity index (χ0n) is 19.2. The molecule has 0 aromatic heterocycles. The monoisotopic (exact) mass is 470 g/mol. The Morgan fingerprint density at radius 3 is 2.67 bits per heavy atom. The lowest BCUT2D eigenvalue weighted by Gasteiger charge is -2.35. The number of fused-ring (bicyclic) bond motifs is 1. The summed E-state index contributed by atoms with van der Waals surface area (Å²) in [4.78, 5) is 27.9. The Labute approximate surface area is 195 Å². The molecule has 0 radical (unpaired) electrons. The largest absolute Gasteiger partial charge is 0.484 e. The van der Waals surface area contributed by atoms with Crippen LogP contribution in [0.15, 0.2) is 53.4 Å². The number of nitrogens with zero attached hydrogens (tertiary/aromatic N) is 1. The van der Waals surface area contributed by atoms with Crippen LogP contribution in [-0.4, -0.2) is 49.7 Å². The number of amides is 1. The van der Waals surface area contributed by atoms with Crippen molar-refractivity contribution in [3.8, 4) is 5.75 Å². The molecule has 1 amide bonds. The number of carbonyl (C=O) groups is 2. The van der Waals surface area contributed by atoms with Crippen molar-refractivity contribution in [2.24, 2.45) is 5.92 Å². The molecule has 176 valence electrons. The van der Waals surface area contributed by atoms with Gasteiger partial charge < -0.3 is 9.64 Å². The number of ether oxygens (including phenoxy) is 1. The fourth-order valence-electron chi connectivity index (χ4n) is 4.63. The predicted molar refractivity (Wildman–Crippen MR) is 125 cm³/mol. The van der Waals surface area contributed by atoms with Gasteiger partial charge in [0, 0.05) is 13.0 Å². The third-order valence-corrected chi connectivity index (χ3v) is 7.70. The van der Waals surface area contributed by atoms with E-state index in [1.165, 1.54) is 6.07 Å². The van der Waals surface area contributed by atoms with Crippen molar-refractivity contribution in [3.63, 3.8) is 0 Å². The Hall–Kier alpha value is -2.71. The second-order valence-electron chi connectivity index (χ2n) is 9.51. The highest BCUT2D eigenvalue weighted by Crippen LogP contribution is 2.38. The molecule has 2 aliphatic rings. The molecule has 4 rings (SSSR count). The molecular weight excluding hydrogens is 440 g/mol. The first kappa shape index (κ1) is 23.4. The molecule has 2 aliphatic heterocycles. The Bertz CT molecular complexity index is 1180. The lowest BCUT2D eigenvalue weighted by molar-refractivity contribution is -0.133. The maximum atomic E-state index is 13.5. The first-order valence-corrected chi connectivity index (χ1v) is 12.8. The van der Waals surface area contributed by atoms with Crippen molar-refractivity contribution < 1.29 is 22.7 Å². The van der Waals surface area contributed by atoms with Crippen molar-refractivity contribution >= 4 is 21.7 Å². The van der Waals surface area contributed by atoms with Gasteiger partial charge in [0.2, 0.25) is 15.9 Å². The smallest absolute Gasteiger partial charge is 0.241 e. The number of sulfonamides is 1. The fourth-order valence-corrected chi connectivity index (χ4v) is 5.94. The van der Waals surface area contributed by atoms with Crippen LogP contribution >= 0.6 is 0 Å². The maximum Gasteiger partial charge on any atom is 0.241 e. The molecule has 2 unspecified atom stereocenters. The standard InChI is InChI=1S/C25H30N2O5S/c1-17(2)13-21(26-33(30,31)19-8-6-7-18(3)14-19)24(29)27-12-11-25(16-27)15-22(28)20-9-4-5-10-23(20)32-25/h4-10,14,17,21,26H,11-13,15-16H2,1-3H3. The van der Waals surface area contributed by atoms with Crippen LogP contribution in [0.2, 0.25) is 0 Å². The van der Waals surface area contributed by atoms with Gasteiger partial charge in [-0.05, 0) is 49.1 Å². The second kappa shape index (κ2) is 8.91. The van der Waals surface area contributed by atoms with Crippen molar-refractivity contribution in [2.45, 2.75) is 56.6 Å². The fraction of sp³-hybridized carbons (Fsp3) is 0.440. The Morgan fingerprint density at radius 2 is 1.94 bits per heavy atom. The summed E-state index contributed by atoms with van der Waals surface area (Å²) >= 11 is 0. The van der Waals surface area contributed by atoms with Crippen LogP contribution in [-0.2, 0) is 14.8 Å². The van der Waals surface area contributed by atoms with Gasteiger partial charge in [0.05, 0.1) is 23.4 Å². The van der Waals surface area contributed by atoms with E-state index in [2.05, 4.69) is 4.72 Å². The van der Waals surface area contributed by atoms with E-state index in [9.17, 15) is 18.0 Å². The Kier molecular flexibility index (Phi) is 6.33. The number of Topliss-reactive ketones (excluding diaryl/α,β-unsaturated/α-hetero) is 1. The molecule has 0 aliphatic carbocycles. The van der Waals surface area contributed by atoms with E-state index < -0.39 is 21.7 Å². The average molecular weight is 471 g/mol. The first-order valence-electron chi connectivity index (χ1n) is 11.3. The summed E-state index contributed by atoms with van der Waals surface area (Å²) in [6, 6.07) is 12.9. The minimum atomic E-state index is -3.87. The Balaban J connectivity index is 1.53. The van der Waals surface area contributed by atoms with Crippen molar-refractivity contribution in [3.05, 3.63) is 59.7 Å². The molecule has 2 atom stereocenters. The third-order valence-electron chi connectivity index (χ3n) is 6.23. The van der Waals surface area contributed by atoms with Crippen LogP contribution in [0.5, 0.6) is 5.75 Å². The lowest BCUT2D eigenvalue weighted by atomic mass is 9.89. The van der Waals surface area contributed by atoms with Crippen LogP contribution in [0.4, 0.5) is 0 Å². The number of para-hydroxylation sites is 1. The highest BCUT2D eigenvalue weighted by molar-refractivity contribution is 7.89. The van der Waals surface area contributed by atoms with Gasteiger partial charge in [0.15, 0.2) is 5.78 Å². The molecule has 1 N–H and O–H groups in total. The summed E-state index contributed by atoms with van der Waals surface area (Å²) in [6.07, 6.45) is 1.10. The molecule has 2 heterocycles. The number of hydrogen-bond donors (Lipinski definition) is 1. The van der Waals surface area contributed by atoms with E-state index in [1.807, 2.05) is 32.9 Å². The molecule has 7 nitrogen and oxygen atoms in total. The highest BCUT2D eigenvalue weighted by atomic mass is 32.2. The number of carbonyl (C=O) groups excluding carboxylic acids is 2. The van der Waals surface area contributed by atoms with Crippen LogP contribution in [0.3, 0.4) is 0 Å². The normalized spacial score (nSPS) is 21.2. The molecule has 1 saturated heterocycles. The number of hydrogen-bond acceptors (Lipinski definition) is 5. The van der Waals surface area contributed by atoms with Crippen molar-refractivity contribution in [1.82, 2.24) is 9.62 Å². The molecular formula is C25H30N2O5S. The van der Waals surface area contributed by atoms with E-state index in [1.54, 1.807) is 35.2 Å². The molecule has 8 heteroatoms. The van der Waals surface area contributed by atoms with Gasteiger partial charge in [0.25, 0.3) is 0 Å². The van der Waals surface area contributed by atoms with E-state index in [4.69, 9.17) is 4.74 Å². The first-order chi connectivity index (χ1) is 15.6. The molecule has 0 saturated carbocycles.